The second-order valence-corrected chi connectivity index (χ2v) is 7.96. The van der Waals surface area contributed by atoms with Crippen LogP contribution < -0.4 is 5.73 Å². The molecule has 2 fully saturated rings. The minimum atomic E-state index is -0.507. The first kappa shape index (κ1) is 20.3. The van der Waals surface area contributed by atoms with E-state index in [2.05, 4.69) is 0 Å². The average molecular weight is 355 g/mol. The van der Waals surface area contributed by atoms with E-state index >= 15 is 0 Å². The van der Waals surface area contributed by atoms with Gasteiger partial charge in [-0.2, -0.15) is 0 Å². The van der Waals surface area contributed by atoms with Gasteiger partial charge in [0.25, 0.3) is 0 Å². The van der Waals surface area contributed by atoms with Gasteiger partial charge in [0.05, 0.1) is 6.04 Å². The van der Waals surface area contributed by atoms with Gasteiger partial charge in [-0.3, -0.25) is 4.79 Å². The smallest absolute Gasteiger partial charge is 0.226 e. The lowest BCUT2D eigenvalue weighted by Gasteiger charge is -2.32. The van der Waals surface area contributed by atoms with Crippen molar-refractivity contribution in [1.29, 1.82) is 0 Å². The van der Waals surface area contributed by atoms with Crippen LogP contribution in [0.3, 0.4) is 0 Å². The van der Waals surface area contributed by atoms with Gasteiger partial charge in [0.2, 0.25) is 5.91 Å². The lowest BCUT2D eigenvalue weighted by atomic mass is 9.77. The van der Waals surface area contributed by atoms with Crippen LogP contribution in [0.1, 0.15) is 71.1 Å². The second kappa shape index (κ2) is 10.2. The summed E-state index contributed by atoms with van der Waals surface area (Å²) in [4.78, 5) is 26.6. The number of hydrogen-bond donors (Lipinski definition) is 1. The van der Waals surface area contributed by atoms with Crippen molar-refractivity contribution in [3.05, 3.63) is 0 Å². The Labute approximate surface area is 151 Å². The van der Waals surface area contributed by atoms with Crippen molar-refractivity contribution in [2.24, 2.45) is 23.5 Å². The molecule has 1 aliphatic heterocycles. The molecule has 2 aliphatic rings. The van der Waals surface area contributed by atoms with Gasteiger partial charge in [-0.1, -0.05) is 45.4 Å². The van der Waals surface area contributed by atoms with Gasteiger partial charge in [-0.15, -0.1) is 0 Å². The molecule has 1 amide bonds. The van der Waals surface area contributed by atoms with Crippen molar-refractivity contribution in [2.45, 2.75) is 83.2 Å². The minimum Gasteiger partial charge on any atom is -0.332 e. The minimum absolute atomic E-state index is 0.0700. The van der Waals surface area contributed by atoms with Gasteiger partial charge in [0.15, 0.2) is 0 Å². The molecule has 4 unspecified atom stereocenters. The predicted octanol–water partition coefficient (Wildman–Crippen LogP) is 3.48. The molecule has 4 atom stereocenters. The first-order valence-electron chi connectivity index (χ1n) is 10.2. The lowest BCUT2D eigenvalue weighted by molar-refractivity contribution is -0.139. The Balaban J connectivity index is 1.93. The number of halogens is 1. The molecule has 0 aromatic rings. The summed E-state index contributed by atoms with van der Waals surface area (Å²) in [5.74, 6) is 0.995. The molecule has 1 aliphatic carbocycles. The maximum absolute atomic E-state index is 13.0. The zero-order valence-electron chi connectivity index (χ0n) is 15.7. The number of carbonyl (C=O) groups excluding carboxylic acids is 2. The van der Waals surface area contributed by atoms with Crippen LogP contribution in [0.25, 0.3) is 0 Å². The quantitative estimate of drug-likeness (QED) is 0.645. The monoisotopic (exact) mass is 354 g/mol. The highest BCUT2D eigenvalue weighted by molar-refractivity contribution is 5.82. The molecule has 2 rings (SSSR count). The Kier molecular flexibility index (Phi) is 8.34. The molecule has 1 saturated heterocycles. The van der Waals surface area contributed by atoms with Gasteiger partial charge in [-0.05, 0) is 37.5 Å². The van der Waals surface area contributed by atoms with Crippen molar-refractivity contribution in [1.82, 2.24) is 4.90 Å². The molecular formula is C20H35FN2O2. The SMILES string of the molecule is CCC(CCCC(N)CF)C(=O)N1CCC(C2CCCCC2)C1C=O. The average Bonchev–Trinajstić information content (AvgIpc) is 3.09. The van der Waals surface area contributed by atoms with Crippen LogP contribution >= 0.6 is 0 Å². The Morgan fingerprint density at radius 3 is 2.56 bits per heavy atom. The zero-order chi connectivity index (χ0) is 18.2. The normalized spacial score (nSPS) is 27.2. The standard InChI is InChI=1S/C20H35FN2O2/c1-2-15(9-6-10-17(22)13-21)20(25)23-12-11-18(19(23)14-24)16-7-4-3-5-8-16/h14-19H,2-13,22H2,1H3. The highest BCUT2D eigenvalue weighted by Gasteiger charge is 2.42. The van der Waals surface area contributed by atoms with Crippen LogP contribution in [-0.2, 0) is 9.59 Å². The fourth-order valence-electron chi connectivity index (χ4n) is 4.79. The lowest BCUT2D eigenvalue weighted by Crippen LogP contribution is -2.43. The Hall–Kier alpha value is -0.970. The van der Waals surface area contributed by atoms with E-state index in [0.29, 0.717) is 24.8 Å². The maximum atomic E-state index is 13.0. The Morgan fingerprint density at radius 2 is 1.96 bits per heavy atom. The molecule has 2 N–H and O–H groups in total. The molecule has 0 aromatic heterocycles. The first-order chi connectivity index (χ1) is 12.1. The highest BCUT2D eigenvalue weighted by atomic mass is 19.1. The van der Waals surface area contributed by atoms with Crippen LogP contribution in [0.2, 0.25) is 0 Å². The van der Waals surface area contributed by atoms with Crippen LogP contribution in [-0.4, -0.2) is 42.4 Å². The summed E-state index contributed by atoms with van der Waals surface area (Å²) in [7, 11) is 0. The van der Waals surface area contributed by atoms with Crippen LogP contribution in [0, 0.1) is 17.8 Å². The van der Waals surface area contributed by atoms with Crippen LogP contribution in [0.15, 0.2) is 0 Å². The third-order valence-electron chi connectivity index (χ3n) is 6.35. The largest absolute Gasteiger partial charge is 0.332 e. The van der Waals surface area contributed by atoms with Gasteiger partial charge < -0.3 is 15.4 Å². The number of rotatable bonds is 9. The van der Waals surface area contributed by atoms with E-state index in [1.165, 1.54) is 32.1 Å². The van der Waals surface area contributed by atoms with Gasteiger partial charge in [0.1, 0.15) is 13.0 Å². The molecule has 5 heteroatoms. The number of alkyl halides is 1. The van der Waals surface area contributed by atoms with E-state index in [0.717, 1.165) is 32.0 Å². The molecule has 1 heterocycles. The van der Waals surface area contributed by atoms with Crippen molar-refractivity contribution >= 4 is 12.2 Å². The number of nitrogens with two attached hydrogens (primary N) is 1. The van der Waals surface area contributed by atoms with Crippen molar-refractivity contribution in [2.75, 3.05) is 13.2 Å². The summed E-state index contributed by atoms with van der Waals surface area (Å²) in [5, 5.41) is 0. The fraction of sp³-hybridized carbons (Fsp3) is 0.900. The van der Waals surface area contributed by atoms with Crippen LogP contribution in [0.4, 0.5) is 4.39 Å². The summed E-state index contributed by atoms with van der Waals surface area (Å²) < 4.78 is 12.5. The van der Waals surface area contributed by atoms with Gasteiger partial charge in [-0.25, -0.2) is 4.39 Å². The van der Waals surface area contributed by atoms with E-state index in [4.69, 9.17) is 5.73 Å². The highest BCUT2D eigenvalue weighted by Crippen LogP contribution is 2.39. The maximum Gasteiger partial charge on any atom is 0.226 e. The molecule has 0 radical (unpaired) electrons. The topological polar surface area (TPSA) is 63.4 Å². The molecular weight excluding hydrogens is 319 g/mol. The molecule has 0 spiro atoms. The molecule has 1 saturated carbocycles. The Morgan fingerprint density at radius 1 is 1.24 bits per heavy atom. The third kappa shape index (κ3) is 5.25. The summed E-state index contributed by atoms with van der Waals surface area (Å²) >= 11 is 0. The predicted molar refractivity (Wildman–Crippen MR) is 97.8 cm³/mol. The van der Waals surface area contributed by atoms with Crippen molar-refractivity contribution in [3.63, 3.8) is 0 Å². The molecule has 0 bridgehead atoms. The summed E-state index contributed by atoms with van der Waals surface area (Å²) in [5.41, 5.74) is 5.63. The van der Waals surface area contributed by atoms with E-state index < -0.39 is 12.7 Å². The summed E-state index contributed by atoms with van der Waals surface area (Å²) in [6.45, 7) is 2.22. The van der Waals surface area contributed by atoms with Crippen molar-refractivity contribution < 1.29 is 14.0 Å². The number of aldehydes is 1. The first-order valence-corrected chi connectivity index (χ1v) is 10.2. The van der Waals surface area contributed by atoms with Crippen LogP contribution in [0.5, 0.6) is 0 Å². The zero-order valence-corrected chi connectivity index (χ0v) is 15.7. The van der Waals surface area contributed by atoms with E-state index in [1.807, 2.05) is 11.8 Å². The third-order valence-corrected chi connectivity index (χ3v) is 6.35. The number of carbonyl (C=O) groups is 2. The molecule has 4 nitrogen and oxygen atoms in total. The van der Waals surface area contributed by atoms with E-state index in [9.17, 15) is 14.0 Å². The molecule has 144 valence electrons. The number of likely N-dealkylation sites (tertiary alicyclic amines) is 1. The number of nitrogens with zero attached hydrogens (tertiary/aromatic N) is 1. The summed E-state index contributed by atoms with van der Waals surface area (Å²) in [6, 6.07) is -0.657. The van der Waals surface area contributed by atoms with E-state index in [-0.39, 0.29) is 17.9 Å². The summed E-state index contributed by atoms with van der Waals surface area (Å²) in [6.07, 6.45) is 11.1. The Bertz CT molecular complexity index is 426. The molecule has 0 aromatic carbocycles. The number of hydrogen-bond acceptors (Lipinski definition) is 3. The molecule has 25 heavy (non-hydrogen) atoms. The van der Waals surface area contributed by atoms with Gasteiger partial charge in [0, 0.05) is 18.5 Å². The van der Waals surface area contributed by atoms with E-state index in [1.54, 1.807) is 0 Å². The van der Waals surface area contributed by atoms with Gasteiger partial charge >= 0.3 is 0 Å². The number of amides is 1. The fourth-order valence-corrected chi connectivity index (χ4v) is 4.79. The second-order valence-electron chi connectivity index (χ2n) is 7.96. The van der Waals surface area contributed by atoms with Crippen molar-refractivity contribution in [3.8, 4) is 0 Å².